The van der Waals surface area contributed by atoms with Crippen LogP contribution in [0.2, 0.25) is 20.1 Å². The summed E-state index contributed by atoms with van der Waals surface area (Å²) in [5, 5.41) is 23.5. The first-order valence-corrected chi connectivity index (χ1v) is 42.4. The van der Waals surface area contributed by atoms with Gasteiger partial charge in [0.25, 0.3) is 0 Å². The molecule has 0 spiro atoms. The van der Waals surface area contributed by atoms with E-state index in [0.717, 1.165) is 42.0 Å². The molecule has 24 aromatic rings. The van der Waals surface area contributed by atoms with E-state index in [-0.39, 0.29) is 0 Å². The van der Waals surface area contributed by atoms with Gasteiger partial charge < -0.3 is 4.42 Å². The van der Waals surface area contributed by atoms with Crippen LogP contribution in [0.1, 0.15) is 0 Å². The standard InChI is InChI=1S/C24H13ClOS.3C24H13ClS2/c25-16-7-10-24-20(13-16)19-12-15(6-9-23(19)27-24)14-5-8-22-18(11-14)17-3-1-2-4-21(17)26-22;25-20-6-3-5-17-19-13-15(9-11-23(19)27-24(17)20)14-8-10-22-18(12-14)16-4-1-2-7-21(16)26-22;25-19-5-3-7-23-24(19)18-13-15(9-11-22(18)27-23)14-8-10-21-17(12-14)16-4-1-2-6-20(16)26-21;25-16-7-10-24-20(13-16)19-12-15(6-9-23(19)27-24)14-5-8-22-18(11-14)17-3-1-2-4-21(17)26-22/h4*1-13H. The predicted octanol–water partition coefficient (Wildman–Crippen LogP) is 34.5. The van der Waals surface area contributed by atoms with E-state index in [1.54, 1.807) is 34.0 Å². The smallest absolute Gasteiger partial charge is 0.135 e. The first-order chi connectivity index (χ1) is 53.1. The number of fused-ring (bicyclic) bond motifs is 24. The number of hydrogen-bond donors (Lipinski definition) is 0. The zero-order valence-electron chi connectivity index (χ0n) is 56.8. The Morgan fingerprint density at radius 1 is 0.176 bits per heavy atom. The summed E-state index contributed by atoms with van der Waals surface area (Å²) in [6.07, 6.45) is 0. The zero-order chi connectivity index (χ0) is 71.8. The van der Waals surface area contributed by atoms with Gasteiger partial charge in [-0.1, -0.05) is 186 Å². The van der Waals surface area contributed by atoms with E-state index < -0.39 is 0 Å². The monoisotopic (exact) mass is 1580 g/mol. The average molecular weight is 1590 g/mol. The second-order valence-electron chi connectivity index (χ2n) is 27.0. The van der Waals surface area contributed by atoms with E-state index in [2.05, 4.69) is 267 Å². The van der Waals surface area contributed by atoms with E-state index in [1.807, 2.05) is 93.9 Å². The van der Waals surface area contributed by atoms with E-state index in [9.17, 15) is 0 Å². The molecule has 0 unspecified atom stereocenters. The molecule has 24 rings (SSSR count). The van der Waals surface area contributed by atoms with Crippen LogP contribution in [0.25, 0.3) is 208 Å². The fourth-order valence-electron chi connectivity index (χ4n) is 15.4. The summed E-state index contributed by atoms with van der Waals surface area (Å²) in [5.74, 6) is 0. The molecule has 0 N–H and O–H groups in total. The number of furan rings is 1. The molecular weight excluding hydrogens is 1540 g/mol. The van der Waals surface area contributed by atoms with Gasteiger partial charge in [0.2, 0.25) is 0 Å². The Morgan fingerprint density at radius 2 is 0.454 bits per heavy atom. The summed E-state index contributed by atoms with van der Waals surface area (Å²) in [5.41, 5.74) is 11.8. The van der Waals surface area contributed by atoms with Crippen molar-refractivity contribution in [2.75, 3.05) is 0 Å². The lowest BCUT2D eigenvalue weighted by atomic mass is 10.0. The van der Waals surface area contributed by atoms with Gasteiger partial charge in [0.1, 0.15) is 11.2 Å². The normalized spacial score (nSPS) is 11.9. The molecular formula is C96H52Cl4OS7. The molecule has 0 fully saturated rings. The molecule has 0 amide bonds. The molecule has 12 heteroatoms. The number of rotatable bonds is 4. The van der Waals surface area contributed by atoms with Crippen molar-refractivity contribution in [3.8, 4) is 44.5 Å². The second kappa shape index (κ2) is 27.0. The van der Waals surface area contributed by atoms with E-state index >= 15 is 0 Å². The van der Waals surface area contributed by atoms with Crippen molar-refractivity contribution < 1.29 is 4.42 Å². The average Bonchev–Trinajstić information content (AvgIpc) is 1.61. The van der Waals surface area contributed by atoms with Crippen LogP contribution in [0.15, 0.2) is 320 Å². The summed E-state index contributed by atoms with van der Waals surface area (Å²) in [7, 11) is 0. The van der Waals surface area contributed by atoms with Crippen LogP contribution in [-0.2, 0) is 0 Å². The van der Waals surface area contributed by atoms with Gasteiger partial charge in [-0.15, -0.1) is 79.4 Å². The largest absolute Gasteiger partial charge is 0.456 e. The molecule has 16 aromatic carbocycles. The quantitative estimate of drug-likeness (QED) is 0.171. The molecule has 108 heavy (non-hydrogen) atoms. The van der Waals surface area contributed by atoms with Crippen molar-refractivity contribution in [1.82, 2.24) is 0 Å². The molecule has 0 radical (unpaired) electrons. The van der Waals surface area contributed by atoms with Crippen molar-refractivity contribution >= 4 is 289 Å². The lowest BCUT2D eigenvalue weighted by Gasteiger charge is -2.04. The third-order valence-corrected chi connectivity index (χ3v) is 29.9. The number of benzene rings is 16. The minimum Gasteiger partial charge on any atom is -0.456 e. The van der Waals surface area contributed by atoms with Gasteiger partial charge in [0.15, 0.2) is 0 Å². The maximum absolute atomic E-state index is 6.51. The van der Waals surface area contributed by atoms with E-state index in [0.29, 0.717) is 0 Å². The summed E-state index contributed by atoms with van der Waals surface area (Å²) < 4.78 is 24.1. The molecule has 512 valence electrons. The molecule has 0 saturated carbocycles. The van der Waals surface area contributed by atoms with Gasteiger partial charge in [-0.3, -0.25) is 0 Å². The van der Waals surface area contributed by atoms with Crippen LogP contribution < -0.4 is 0 Å². The highest BCUT2D eigenvalue weighted by molar-refractivity contribution is 7.28. The predicted molar refractivity (Wildman–Crippen MR) is 485 cm³/mol. The van der Waals surface area contributed by atoms with Gasteiger partial charge in [-0.25, -0.2) is 0 Å². The van der Waals surface area contributed by atoms with Gasteiger partial charge in [-0.2, -0.15) is 0 Å². The Kier molecular flexibility index (Phi) is 16.6. The Morgan fingerprint density at radius 3 is 0.907 bits per heavy atom. The summed E-state index contributed by atoms with van der Waals surface area (Å²) >= 11 is 38.2. The first-order valence-electron chi connectivity index (χ1n) is 35.2. The highest BCUT2D eigenvalue weighted by Crippen LogP contribution is 2.47. The summed E-state index contributed by atoms with van der Waals surface area (Å²) in [6.45, 7) is 0. The van der Waals surface area contributed by atoms with Gasteiger partial charge >= 0.3 is 0 Å². The van der Waals surface area contributed by atoms with Gasteiger partial charge in [0, 0.05) is 162 Å². The first kappa shape index (κ1) is 66.2. The topological polar surface area (TPSA) is 13.1 Å². The van der Waals surface area contributed by atoms with Crippen molar-refractivity contribution in [3.05, 3.63) is 336 Å². The number of hydrogen-bond acceptors (Lipinski definition) is 8. The summed E-state index contributed by atoms with van der Waals surface area (Å²) in [4.78, 5) is 0. The minimum absolute atomic E-state index is 0.777. The van der Waals surface area contributed by atoms with Crippen molar-refractivity contribution in [2.45, 2.75) is 0 Å². The molecule has 0 saturated heterocycles. The third-order valence-electron chi connectivity index (χ3n) is 20.6. The van der Waals surface area contributed by atoms with E-state index in [1.165, 1.54) is 186 Å². The van der Waals surface area contributed by atoms with Crippen molar-refractivity contribution in [2.24, 2.45) is 0 Å². The Labute approximate surface area is 666 Å². The minimum atomic E-state index is 0.777. The SMILES string of the molecule is Clc1ccc2sc3ccc(-c4ccc5oc6ccccc6c5c4)cc3c2c1.Clc1ccc2sc3ccc(-c4ccc5sc6ccccc6c5c4)cc3c2c1.Clc1cccc2c1sc1ccc(-c3ccc4sc5ccccc5c4c3)cc12.Clc1cccc2sc3ccc(-c4ccc5sc6ccccc6c5c4)cc3c12. The maximum atomic E-state index is 6.51. The molecule has 0 aliphatic carbocycles. The molecule has 0 atom stereocenters. The third kappa shape index (κ3) is 11.7. The van der Waals surface area contributed by atoms with E-state index in [4.69, 9.17) is 50.8 Å². The fraction of sp³-hybridized carbons (Fsp3) is 0. The van der Waals surface area contributed by atoms with Crippen LogP contribution >= 0.6 is 126 Å². The number of para-hydroxylation sites is 1. The summed E-state index contributed by atoms with van der Waals surface area (Å²) in [6, 6.07) is 113. The Balaban J connectivity index is 0.0000000919. The lowest BCUT2D eigenvalue weighted by molar-refractivity contribution is 0.669. The van der Waals surface area contributed by atoms with Gasteiger partial charge in [-0.05, 0) is 220 Å². The van der Waals surface area contributed by atoms with Crippen LogP contribution in [0.3, 0.4) is 0 Å². The van der Waals surface area contributed by atoms with Gasteiger partial charge in [0.05, 0.1) is 9.72 Å². The maximum Gasteiger partial charge on any atom is 0.135 e. The highest BCUT2D eigenvalue weighted by atomic mass is 35.5. The molecule has 0 aliphatic rings. The molecule has 8 heterocycles. The Hall–Kier alpha value is -9.98. The Bertz CT molecular complexity index is 7380. The highest BCUT2D eigenvalue weighted by Gasteiger charge is 2.17. The zero-order valence-corrected chi connectivity index (χ0v) is 65.5. The van der Waals surface area contributed by atoms with Crippen LogP contribution in [0.4, 0.5) is 0 Å². The molecule has 8 aromatic heterocycles. The second-order valence-corrected chi connectivity index (χ2v) is 36.2. The lowest BCUT2D eigenvalue weighted by Crippen LogP contribution is -1.78. The van der Waals surface area contributed by atoms with Crippen molar-refractivity contribution in [1.29, 1.82) is 0 Å². The molecule has 0 bridgehead atoms. The fourth-order valence-corrected chi connectivity index (χ4v) is 23.9. The van der Waals surface area contributed by atoms with Crippen molar-refractivity contribution in [3.63, 3.8) is 0 Å². The van der Waals surface area contributed by atoms with Crippen LogP contribution in [0, 0.1) is 0 Å². The molecule has 1 nitrogen and oxygen atoms in total. The van der Waals surface area contributed by atoms with Crippen LogP contribution in [-0.4, -0.2) is 0 Å². The number of thiophene rings is 7. The van der Waals surface area contributed by atoms with Crippen LogP contribution in [0.5, 0.6) is 0 Å². The number of halogens is 4. The molecule has 0 aliphatic heterocycles.